The Morgan fingerprint density at radius 3 is 2.38 bits per heavy atom. The van der Waals surface area contributed by atoms with Gasteiger partial charge in [-0.15, -0.1) is 0 Å². The molecule has 0 radical (unpaired) electrons. The zero-order valence-corrected chi connectivity index (χ0v) is 14.9. The number of rotatable bonds is 3. The normalized spacial score (nSPS) is 11.8. The number of nitrogens with zero attached hydrogens (tertiary/aromatic N) is 2. The van der Waals surface area contributed by atoms with Gasteiger partial charge < -0.3 is 0 Å². The molecule has 0 aliphatic rings. The third-order valence-corrected chi connectivity index (χ3v) is 4.07. The van der Waals surface area contributed by atoms with Crippen molar-refractivity contribution in [2.75, 3.05) is 0 Å². The second-order valence-electron chi connectivity index (χ2n) is 7.02. The van der Waals surface area contributed by atoms with Crippen molar-refractivity contribution in [1.82, 2.24) is 15.6 Å². The maximum absolute atomic E-state index is 12.3. The van der Waals surface area contributed by atoms with Crippen LogP contribution < -0.4 is 11.0 Å². The SMILES string of the molecule is CC(C)(C)c1ccc(/C=N\NC(=O)c2n[nH]c(=O)c3ccccc23)cc1. The van der Waals surface area contributed by atoms with Gasteiger partial charge >= 0.3 is 0 Å². The van der Waals surface area contributed by atoms with Crippen molar-refractivity contribution in [3.05, 3.63) is 75.7 Å². The van der Waals surface area contributed by atoms with E-state index in [9.17, 15) is 9.59 Å². The standard InChI is InChI=1S/C20H20N4O2/c1-20(2,3)14-10-8-13(9-11-14)12-21-23-19(26)17-15-6-4-5-7-16(15)18(25)24-22-17/h4-12H,1-3H3,(H,23,26)(H,24,25)/b21-12-. The fourth-order valence-electron chi connectivity index (χ4n) is 2.58. The summed E-state index contributed by atoms with van der Waals surface area (Å²) >= 11 is 0. The average Bonchev–Trinajstić information content (AvgIpc) is 2.62. The van der Waals surface area contributed by atoms with Crippen LogP contribution in [0.4, 0.5) is 0 Å². The summed E-state index contributed by atoms with van der Waals surface area (Å²) in [5, 5.41) is 11.1. The Labute approximate surface area is 151 Å². The van der Waals surface area contributed by atoms with E-state index in [0.717, 1.165) is 5.56 Å². The number of fused-ring (bicyclic) bond motifs is 1. The van der Waals surface area contributed by atoms with Crippen LogP contribution in [0, 0.1) is 0 Å². The molecule has 2 aromatic carbocycles. The zero-order valence-electron chi connectivity index (χ0n) is 14.9. The van der Waals surface area contributed by atoms with Crippen LogP contribution in [0.1, 0.15) is 42.4 Å². The van der Waals surface area contributed by atoms with Crippen LogP contribution in [0.3, 0.4) is 0 Å². The van der Waals surface area contributed by atoms with Gasteiger partial charge in [-0.2, -0.15) is 10.2 Å². The molecule has 132 valence electrons. The van der Waals surface area contributed by atoms with E-state index >= 15 is 0 Å². The van der Waals surface area contributed by atoms with Gasteiger partial charge in [-0.1, -0.05) is 63.2 Å². The first-order valence-corrected chi connectivity index (χ1v) is 8.27. The molecule has 1 heterocycles. The highest BCUT2D eigenvalue weighted by atomic mass is 16.2. The van der Waals surface area contributed by atoms with Crippen LogP contribution in [-0.2, 0) is 5.41 Å². The Morgan fingerprint density at radius 2 is 1.73 bits per heavy atom. The first-order valence-electron chi connectivity index (χ1n) is 8.27. The molecule has 0 saturated carbocycles. The first kappa shape index (κ1) is 17.5. The molecule has 6 heteroatoms. The molecule has 0 aliphatic carbocycles. The van der Waals surface area contributed by atoms with Crippen LogP contribution in [0.2, 0.25) is 0 Å². The average molecular weight is 348 g/mol. The Kier molecular flexibility index (Phi) is 4.67. The molecule has 6 nitrogen and oxygen atoms in total. The fraction of sp³-hybridized carbons (Fsp3) is 0.200. The van der Waals surface area contributed by atoms with Gasteiger partial charge in [0.1, 0.15) is 0 Å². The van der Waals surface area contributed by atoms with Gasteiger partial charge in [0.15, 0.2) is 5.69 Å². The minimum Gasteiger partial charge on any atom is -0.267 e. The summed E-state index contributed by atoms with van der Waals surface area (Å²) in [7, 11) is 0. The predicted molar refractivity (Wildman–Crippen MR) is 103 cm³/mol. The number of hydrazone groups is 1. The lowest BCUT2D eigenvalue weighted by Crippen LogP contribution is -2.22. The summed E-state index contributed by atoms with van der Waals surface area (Å²) in [6.07, 6.45) is 1.57. The Bertz CT molecular complexity index is 1030. The van der Waals surface area contributed by atoms with E-state index in [1.54, 1.807) is 30.5 Å². The quantitative estimate of drug-likeness (QED) is 0.563. The van der Waals surface area contributed by atoms with Crippen molar-refractivity contribution >= 4 is 22.9 Å². The highest BCUT2D eigenvalue weighted by Gasteiger charge is 2.14. The molecule has 0 saturated heterocycles. The van der Waals surface area contributed by atoms with Crippen LogP contribution >= 0.6 is 0 Å². The van der Waals surface area contributed by atoms with Crippen LogP contribution in [-0.4, -0.2) is 22.3 Å². The topological polar surface area (TPSA) is 87.2 Å². The number of hydrogen-bond donors (Lipinski definition) is 2. The summed E-state index contributed by atoms with van der Waals surface area (Å²) in [5.74, 6) is -0.486. The smallest absolute Gasteiger partial charge is 0.267 e. The molecule has 0 fully saturated rings. The van der Waals surface area contributed by atoms with Crippen LogP contribution in [0.15, 0.2) is 58.4 Å². The van der Waals surface area contributed by atoms with E-state index in [2.05, 4.69) is 41.5 Å². The van der Waals surface area contributed by atoms with Crippen molar-refractivity contribution in [3.63, 3.8) is 0 Å². The van der Waals surface area contributed by atoms with E-state index in [-0.39, 0.29) is 16.7 Å². The number of nitrogens with one attached hydrogen (secondary N) is 2. The van der Waals surface area contributed by atoms with Crippen LogP contribution in [0.5, 0.6) is 0 Å². The van der Waals surface area contributed by atoms with E-state index in [1.165, 1.54) is 5.56 Å². The Hall–Kier alpha value is -3.28. The molecule has 0 atom stereocenters. The predicted octanol–water partition coefficient (Wildman–Crippen LogP) is 2.98. The monoisotopic (exact) mass is 348 g/mol. The molecule has 1 amide bonds. The molecule has 3 aromatic rings. The maximum atomic E-state index is 12.3. The first-order chi connectivity index (χ1) is 12.4. The molecule has 0 unspecified atom stereocenters. The van der Waals surface area contributed by atoms with Crippen LogP contribution in [0.25, 0.3) is 10.8 Å². The highest BCUT2D eigenvalue weighted by Crippen LogP contribution is 2.21. The number of amides is 1. The van der Waals surface area contributed by atoms with Gasteiger partial charge in [-0.3, -0.25) is 9.59 Å². The lowest BCUT2D eigenvalue weighted by molar-refractivity contribution is 0.0951. The molecular formula is C20H20N4O2. The fourth-order valence-corrected chi connectivity index (χ4v) is 2.58. The van der Waals surface area contributed by atoms with Crippen molar-refractivity contribution < 1.29 is 4.79 Å². The minimum atomic E-state index is -0.486. The van der Waals surface area contributed by atoms with Gasteiger partial charge in [0.2, 0.25) is 0 Å². The van der Waals surface area contributed by atoms with Crippen molar-refractivity contribution in [2.24, 2.45) is 5.10 Å². The van der Waals surface area contributed by atoms with Crippen molar-refractivity contribution in [2.45, 2.75) is 26.2 Å². The second kappa shape index (κ2) is 6.92. The van der Waals surface area contributed by atoms with E-state index in [4.69, 9.17) is 0 Å². The summed E-state index contributed by atoms with van der Waals surface area (Å²) in [6.45, 7) is 6.45. The number of carbonyl (C=O) groups excluding carboxylic acids is 1. The number of H-pyrrole nitrogens is 1. The Balaban J connectivity index is 1.76. The highest BCUT2D eigenvalue weighted by molar-refractivity contribution is 6.04. The minimum absolute atomic E-state index is 0.0842. The van der Waals surface area contributed by atoms with Crippen molar-refractivity contribution in [3.8, 4) is 0 Å². The lowest BCUT2D eigenvalue weighted by atomic mass is 9.87. The number of benzene rings is 2. The Morgan fingerprint density at radius 1 is 1.08 bits per heavy atom. The van der Waals surface area contributed by atoms with E-state index in [1.807, 2.05) is 24.3 Å². The number of carbonyl (C=O) groups is 1. The molecule has 0 bridgehead atoms. The molecule has 0 spiro atoms. The largest absolute Gasteiger partial charge is 0.292 e. The molecule has 0 aliphatic heterocycles. The zero-order chi connectivity index (χ0) is 18.7. The third-order valence-electron chi connectivity index (χ3n) is 4.07. The van der Waals surface area contributed by atoms with Gasteiger partial charge in [-0.05, 0) is 22.6 Å². The van der Waals surface area contributed by atoms with Gasteiger partial charge in [-0.25, -0.2) is 10.5 Å². The van der Waals surface area contributed by atoms with Gasteiger partial charge in [0.25, 0.3) is 11.5 Å². The summed E-state index contributed by atoms with van der Waals surface area (Å²) in [4.78, 5) is 24.1. The molecule has 2 N–H and O–H groups in total. The summed E-state index contributed by atoms with van der Waals surface area (Å²) in [6, 6.07) is 14.8. The van der Waals surface area contributed by atoms with Crippen molar-refractivity contribution in [1.29, 1.82) is 0 Å². The van der Waals surface area contributed by atoms with E-state index in [0.29, 0.717) is 10.8 Å². The van der Waals surface area contributed by atoms with Gasteiger partial charge in [0, 0.05) is 5.39 Å². The summed E-state index contributed by atoms with van der Waals surface area (Å²) in [5.41, 5.74) is 4.42. The lowest BCUT2D eigenvalue weighted by Gasteiger charge is -2.18. The third kappa shape index (κ3) is 3.69. The number of aromatic nitrogens is 2. The van der Waals surface area contributed by atoms with E-state index < -0.39 is 5.91 Å². The molecule has 1 aromatic heterocycles. The molecular weight excluding hydrogens is 328 g/mol. The second-order valence-corrected chi connectivity index (χ2v) is 7.02. The summed E-state index contributed by atoms with van der Waals surface area (Å²) < 4.78 is 0. The molecule has 3 rings (SSSR count). The number of hydrogen-bond acceptors (Lipinski definition) is 4. The molecule has 26 heavy (non-hydrogen) atoms. The van der Waals surface area contributed by atoms with Gasteiger partial charge in [0.05, 0.1) is 11.6 Å². The maximum Gasteiger partial charge on any atom is 0.292 e. The number of aromatic amines is 1.